The fourth-order valence-corrected chi connectivity index (χ4v) is 2.27. The number of hydrogen-bond donors (Lipinski definition) is 1. The first-order valence-electron chi connectivity index (χ1n) is 6.62. The maximum absolute atomic E-state index is 6.17. The first-order valence-corrected chi connectivity index (χ1v) is 7.00. The van der Waals surface area contributed by atoms with Gasteiger partial charge in [-0.15, -0.1) is 0 Å². The van der Waals surface area contributed by atoms with Crippen LogP contribution in [0.1, 0.15) is 56.2 Å². The first kappa shape index (κ1) is 14.5. The summed E-state index contributed by atoms with van der Waals surface area (Å²) in [6.45, 7) is 4.29. The molecule has 96 valence electrons. The molecule has 0 radical (unpaired) electrons. The molecule has 0 spiro atoms. The molecule has 1 N–H and O–H groups in total. The Labute approximate surface area is 111 Å². The zero-order chi connectivity index (χ0) is 12.7. The van der Waals surface area contributed by atoms with E-state index in [2.05, 4.69) is 30.4 Å². The summed E-state index contributed by atoms with van der Waals surface area (Å²) < 4.78 is 0. The van der Waals surface area contributed by atoms with E-state index in [0.29, 0.717) is 6.04 Å². The molecule has 0 heterocycles. The molecule has 17 heavy (non-hydrogen) atoms. The minimum atomic E-state index is 0.435. The van der Waals surface area contributed by atoms with Crippen molar-refractivity contribution in [3.05, 3.63) is 34.3 Å². The van der Waals surface area contributed by atoms with Gasteiger partial charge in [-0.05, 0) is 37.6 Å². The van der Waals surface area contributed by atoms with Gasteiger partial charge >= 0.3 is 0 Å². The first-order chi connectivity index (χ1) is 8.19. The highest BCUT2D eigenvalue weighted by Crippen LogP contribution is 2.24. The summed E-state index contributed by atoms with van der Waals surface area (Å²) in [7, 11) is 2.03. The van der Waals surface area contributed by atoms with Gasteiger partial charge in [-0.2, -0.15) is 0 Å². The zero-order valence-corrected chi connectivity index (χ0v) is 12.0. The van der Waals surface area contributed by atoms with Crippen LogP contribution in [0.15, 0.2) is 18.2 Å². The van der Waals surface area contributed by atoms with Crippen LogP contribution >= 0.6 is 11.6 Å². The van der Waals surface area contributed by atoms with Crippen molar-refractivity contribution in [2.75, 3.05) is 7.05 Å². The highest BCUT2D eigenvalue weighted by molar-refractivity contribution is 6.31. The largest absolute Gasteiger partial charge is 0.313 e. The number of rotatable bonds is 7. The van der Waals surface area contributed by atoms with Gasteiger partial charge in [0.25, 0.3) is 0 Å². The molecular formula is C15H24ClN. The molecule has 1 atom stereocenters. The van der Waals surface area contributed by atoms with Gasteiger partial charge in [0.1, 0.15) is 0 Å². The lowest BCUT2D eigenvalue weighted by Gasteiger charge is -2.17. The van der Waals surface area contributed by atoms with Crippen molar-refractivity contribution >= 4 is 11.6 Å². The Morgan fingerprint density at radius 2 is 2.00 bits per heavy atom. The number of aryl methyl sites for hydroxylation is 1. The van der Waals surface area contributed by atoms with Crippen LogP contribution in [0, 0.1) is 6.92 Å². The Bertz CT molecular complexity index is 336. The molecule has 1 unspecified atom stereocenters. The lowest BCUT2D eigenvalue weighted by Crippen LogP contribution is -2.16. The fourth-order valence-electron chi connectivity index (χ4n) is 2.08. The van der Waals surface area contributed by atoms with E-state index in [-0.39, 0.29) is 0 Å². The molecule has 1 aromatic carbocycles. The van der Waals surface area contributed by atoms with E-state index in [9.17, 15) is 0 Å². The van der Waals surface area contributed by atoms with Gasteiger partial charge in [-0.3, -0.25) is 0 Å². The van der Waals surface area contributed by atoms with Gasteiger partial charge in [0.15, 0.2) is 0 Å². The van der Waals surface area contributed by atoms with Crippen LogP contribution in [0.2, 0.25) is 5.02 Å². The average Bonchev–Trinajstić information content (AvgIpc) is 2.33. The second-order valence-corrected chi connectivity index (χ2v) is 5.11. The second kappa shape index (κ2) is 7.73. The third-order valence-electron chi connectivity index (χ3n) is 3.29. The van der Waals surface area contributed by atoms with E-state index in [1.165, 1.54) is 37.7 Å². The normalized spacial score (nSPS) is 12.7. The van der Waals surface area contributed by atoms with Crippen molar-refractivity contribution in [1.29, 1.82) is 0 Å². The lowest BCUT2D eigenvalue weighted by molar-refractivity contribution is 0.505. The summed E-state index contributed by atoms with van der Waals surface area (Å²) in [4.78, 5) is 0. The summed E-state index contributed by atoms with van der Waals surface area (Å²) >= 11 is 6.17. The Kier molecular flexibility index (Phi) is 6.61. The van der Waals surface area contributed by atoms with Gasteiger partial charge in [-0.25, -0.2) is 0 Å². The minimum Gasteiger partial charge on any atom is -0.313 e. The summed E-state index contributed by atoms with van der Waals surface area (Å²) in [5, 5.41) is 4.25. The molecule has 0 bridgehead atoms. The van der Waals surface area contributed by atoms with Crippen molar-refractivity contribution in [3.63, 3.8) is 0 Å². The number of benzene rings is 1. The van der Waals surface area contributed by atoms with Crippen LogP contribution in [0.5, 0.6) is 0 Å². The van der Waals surface area contributed by atoms with Crippen molar-refractivity contribution in [2.24, 2.45) is 0 Å². The monoisotopic (exact) mass is 253 g/mol. The summed E-state index contributed by atoms with van der Waals surface area (Å²) in [5.41, 5.74) is 2.45. The molecule has 1 nitrogen and oxygen atoms in total. The highest BCUT2D eigenvalue weighted by Gasteiger charge is 2.09. The molecule has 0 aliphatic heterocycles. The number of halogens is 1. The third-order valence-corrected chi connectivity index (χ3v) is 3.70. The number of unbranched alkanes of at least 4 members (excludes halogenated alkanes) is 3. The maximum atomic E-state index is 6.17. The quantitative estimate of drug-likeness (QED) is 0.683. The topological polar surface area (TPSA) is 12.0 Å². The molecule has 0 aromatic heterocycles. The van der Waals surface area contributed by atoms with Crippen LogP contribution in [-0.4, -0.2) is 7.05 Å². The highest BCUT2D eigenvalue weighted by atomic mass is 35.5. The molecule has 0 fully saturated rings. The molecule has 1 rings (SSSR count). The number of nitrogens with one attached hydrogen (secondary N) is 1. The van der Waals surface area contributed by atoms with Gasteiger partial charge in [-0.1, -0.05) is 56.3 Å². The van der Waals surface area contributed by atoms with Crippen LogP contribution < -0.4 is 5.32 Å². The van der Waals surface area contributed by atoms with Gasteiger partial charge in [0, 0.05) is 11.1 Å². The van der Waals surface area contributed by atoms with Crippen LogP contribution in [0.3, 0.4) is 0 Å². The van der Waals surface area contributed by atoms with Crippen molar-refractivity contribution in [1.82, 2.24) is 5.32 Å². The van der Waals surface area contributed by atoms with E-state index in [1.54, 1.807) is 0 Å². The zero-order valence-electron chi connectivity index (χ0n) is 11.2. The Morgan fingerprint density at radius 1 is 1.24 bits per heavy atom. The standard InChI is InChI=1S/C15H24ClN/c1-4-5-6-7-8-15(17-3)13-10-9-12(2)14(16)11-13/h9-11,15,17H,4-8H2,1-3H3. The molecule has 0 saturated carbocycles. The van der Waals surface area contributed by atoms with Crippen molar-refractivity contribution < 1.29 is 0 Å². The molecule has 0 aliphatic rings. The van der Waals surface area contributed by atoms with Gasteiger partial charge < -0.3 is 5.32 Å². The smallest absolute Gasteiger partial charge is 0.0438 e. The maximum Gasteiger partial charge on any atom is 0.0438 e. The summed E-state index contributed by atoms with van der Waals surface area (Å²) in [6.07, 6.45) is 6.43. The molecule has 0 amide bonds. The summed E-state index contributed by atoms with van der Waals surface area (Å²) in [6, 6.07) is 6.82. The Balaban J connectivity index is 2.56. The molecule has 2 heteroatoms. The Hall–Kier alpha value is -0.530. The van der Waals surface area contributed by atoms with Crippen molar-refractivity contribution in [3.8, 4) is 0 Å². The van der Waals surface area contributed by atoms with E-state index in [4.69, 9.17) is 11.6 Å². The molecule has 0 aliphatic carbocycles. The van der Waals surface area contributed by atoms with Gasteiger partial charge in [0.2, 0.25) is 0 Å². The second-order valence-electron chi connectivity index (χ2n) is 4.70. The fraction of sp³-hybridized carbons (Fsp3) is 0.600. The SMILES string of the molecule is CCCCCCC(NC)c1ccc(C)c(Cl)c1. The number of hydrogen-bond acceptors (Lipinski definition) is 1. The lowest BCUT2D eigenvalue weighted by atomic mass is 9.99. The van der Waals surface area contributed by atoms with E-state index >= 15 is 0 Å². The molecule has 0 saturated heterocycles. The van der Waals surface area contributed by atoms with E-state index in [1.807, 2.05) is 14.0 Å². The van der Waals surface area contributed by atoms with Gasteiger partial charge in [0.05, 0.1) is 0 Å². The van der Waals surface area contributed by atoms with Crippen LogP contribution in [0.4, 0.5) is 0 Å². The average molecular weight is 254 g/mol. The minimum absolute atomic E-state index is 0.435. The third kappa shape index (κ3) is 4.69. The molecule has 1 aromatic rings. The van der Waals surface area contributed by atoms with E-state index in [0.717, 1.165) is 10.6 Å². The van der Waals surface area contributed by atoms with Crippen LogP contribution in [0.25, 0.3) is 0 Å². The summed E-state index contributed by atoms with van der Waals surface area (Å²) in [5.74, 6) is 0. The van der Waals surface area contributed by atoms with Crippen LogP contribution in [-0.2, 0) is 0 Å². The molecular weight excluding hydrogens is 230 g/mol. The van der Waals surface area contributed by atoms with E-state index < -0.39 is 0 Å². The Morgan fingerprint density at radius 3 is 2.59 bits per heavy atom. The predicted molar refractivity (Wildman–Crippen MR) is 76.7 cm³/mol. The predicted octanol–water partition coefficient (Wildman–Crippen LogP) is 4.88. The van der Waals surface area contributed by atoms with Crippen molar-refractivity contribution in [2.45, 2.75) is 52.0 Å².